The fourth-order valence-electron chi connectivity index (χ4n) is 2.50. The SMILES string of the molecule is CN1CCN(C(=O)CCc2nc(-c3ccc(Br)cc3)no2)CC1. The summed E-state index contributed by atoms with van der Waals surface area (Å²) in [6, 6.07) is 7.72. The molecule has 1 fully saturated rings. The summed E-state index contributed by atoms with van der Waals surface area (Å²) in [4.78, 5) is 20.7. The predicted molar refractivity (Wildman–Crippen MR) is 89.8 cm³/mol. The van der Waals surface area contributed by atoms with Gasteiger partial charge in [0.2, 0.25) is 17.6 Å². The summed E-state index contributed by atoms with van der Waals surface area (Å²) in [6.07, 6.45) is 0.889. The molecule has 0 radical (unpaired) electrons. The van der Waals surface area contributed by atoms with E-state index in [-0.39, 0.29) is 5.91 Å². The van der Waals surface area contributed by atoms with Gasteiger partial charge in [0.25, 0.3) is 0 Å². The van der Waals surface area contributed by atoms with Crippen molar-refractivity contribution < 1.29 is 9.32 Å². The van der Waals surface area contributed by atoms with E-state index in [2.05, 4.69) is 38.0 Å². The Hall–Kier alpha value is -1.73. The van der Waals surface area contributed by atoms with Gasteiger partial charge in [-0.3, -0.25) is 4.79 Å². The van der Waals surface area contributed by atoms with E-state index >= 15 is 0 Å². The Balaban J connectivity index is 1.55. The molecule has 0 N–H and O–H groups in total. The molecule has 23 heavy (non-hydrogen) atoms. The summed E-state index contributed by atoms with van der Waals surface area (Å²) >= 11 is 3.40. The maximum Gasteiger partial charge on any atom is 0.227 e. The molecule has 0 unspecified atom stereocenters. The normalized spacial score (nSPS) is 15.8. The van der Waals surface area contributed by atoms with Crippen LogP contribution in [0.1, 0.15) is 12.3 Å². The van der Waals surface area contributed by atoms with Crippen molar-refractivity contribution in [2.24, 2.45) is 0 Å². The molecule has 1 aliphatic rings. The van der Waals surface area contributed by atoms with E-state index in [1.54, 1.807) is 0 Å². The number of likely N-dealkylation sites (N-methyl/N-ethyl adjacent to an activating group) is 1. The molecule has 7 heteroatoms. The number of aryl methyl sites for hydroxylation is 1. The van der Waals surface area contributed by atoms with Gasteiger partial charge in [0.15, 0.2) is 0 Å². The molecule has 6 nitrogen and oxygen atoms in total. The van der Waals surface area contributed by atoms with Gasteiger partial charge in [0, 0.05) is 49.1 Å². The standard InChI is InChI=1S/C16H19BrN4O2/c1-20-8-10-21(11-9-20)15(22)7-6-14-18-16(19-23-14)12-2-4-13(17)5-3-12/h2-5H,6-11H2,1H3. The number of nitrogens with zero attached hydrogens (tertiary/aromatic N) is 4. The molecule has 1 aromatic carbocycles. The third-order valence-corrected chi connectivity index (χ3v) is 4.51. The minimum atomic E-state index is 0.154. The van der Waals surface area contributed by atoms with Gasteiger partial charge in [0.1, 0.15) is 0 Å². The van der Waals surface area contributed by atoms with Crippen LogP contribution in [0.5, 0.6) is 0 Å². The van der Waals surface area contributed by atoms with E-state index in [4.69, 9.17) is 4.52 Å². The van der Waals surface area contributed by atoms with Crippen LogP contribution in [0.15, 0.2) is 33.3 Å². The van der Waals surface area contributed by atoms with E-state index in [0.29, 0.717) is 24.6 Å². The van der Waals surface area contributed by atoms with Gasteiger partial charge < -0.3 is 14.3 Å². The van der Waals surface area contributed by atoms with Crippen LogP contribution < -0.4 is 0 Å². The summed E-state index contributed by atoms with van der Waals surface area (Å²) in [5, 5.41) is 3.98. The lowest BCUT2D eigenvalue weighted by molar-refractivity contribution is -0.132. The van der Waals surface area contributed by atoms with Gasteiger partial charge >= 0.3 is 0 Å². The smallest absolute Gasteiger partial charge is 0.227 e. The van der Waals surface area contributed by atoms with Crippen molar-refractivity contribution in [3.63, 3.8) is 0 Å². The van der Waals surface area contributed by atoms with Crippen LogP contribution in [0.2, 0.25) is 0 Å². The van der Waals surface area contributed by atoms with Gasteiger partial charge in [-0.2, -0.15) is 4.98 Å². The highest BCUT2D eigenvalue weighted by Crippen LogP contribution is 2.19. The zero-order valence-electron chi connectivity index (χ0n) is 13.0. The Labute approximate surface area is 143 Å². The third kappa shape index (κ3) is 4.17. The van der Waals surface area contributed by atoms with Crippen molar-refractivity contribution in [1.82, 2.24) is 19.9 Å². The number of rotatable bonds is 4. The van der Waals surface area contributed by atoms with Crippen LogP contribution in [0.25, 0.3) is 11.4 Å². The first kappa shape index (κ1) is 16.1. The monoisotopic (exact) mass is 378 g/mol. The van der Waals surface area contributed by atoms with Gasteiger partial charge in [-0.15, -0.1) is 0 Å². The van der Waals surface area contributed by atoms with Crippen LogP contribution in [-0.2, 0) is 11.2 Å². The maximum absolute atomic E-state index is 12.2. The lowest BCUT2D eigenvalue weighted by Crippen LogP contribution is -2.47. The quantitative estimate of drug-likeness (QED) is 0.815. The summed E-state index contributed by atoms with van der Waals surface area (Å²) in [5.41, 5.74) is 0.897. The molecule has 1 amide bonds. The van der Waals surface area contributed by atoms with Crippen molar-refractivity contribution in [2.75, 3.05) is 33.2 Å². The number of benzene rings is 1. The van der Waals surface area contributed by atoms with E-state index in [9.17, 15) is 4.79 Å². The first-order valence-electron chi connectivity index (χ1n) is 7.66. The fraction of sp³-hybridized carbons (Fsp3) is 0.438. The van der Waals surface area contributed by atoms with E-state index in [1.165, 1.54) is 0 Å². The average molecular weight is 379 g/mol. The van der Waals surface area contributed by atoms with Crippen LogP contribution in [0.4, 0.5) is 0 Å². The Kier molecular flexibility index (Phi) is 5.07. The van der Waals surface area contributed by atoms with Crippen molar-refractivity contribution in [3.8, 4) is 11.4 Å². The minimum absolute atomic E-state index is 0.154. The minimum Gasteiger partial charge on any atom is -0.340 e. The van der Waals surface area contributed by atoms with Gasteiger partial charge in [-0.25, -0.2) is 0 Å². The van der Waals surface area contributed by atoms with E-state index < -0.39 is 0 Å². The number of hydrogen-bond acceptors (Lipinski definition) is 5. The second-order valence-corrected chi connectivity index (χ2v) is 6.62. The molecule has 1 aliphatic heterocycles. The van der Waals surface area contributed by atoms with Crippen LogP contribution in [0.3, 0.4) is 0 Å². The molecule has 0 saturated carbocycles. The number of aromatic nitrogens is 2. The van der Waals surface area contributed by atoms with Crippen LogP contribution in [0, 0.1) is 0 Å². The second kappa shape index (κ2) is 7.23. The molecular weight excluding hydrogens is 360 g/mol. The molecule has 0 atom stereocenters. The van der Waals surface area contributed by atoms with Crippen LogP contribution >= 0.6 is 15.9 Å². The van der Waals surface area contributed by atoms with Gasteiger partial charge in [0.05, 0.1) is 0 Å². The third-order valence-electron chi connectivity index (χ3n) is 3.98. The lowest BCUT2D eigenvalue weighted by atomic mass is 10.2. The first-order valence-corrected chi connectivity index (χ1v) is 8.46. The molecule has 2 heterocycles. The van der Waals surface area contributed by atoms with Crippen molar-refractivity contribution in [2.45, 2.75) is 12.8 Å². The lowest BCUT2D eigenvalue weighted by Gasteiger charge is -2.32. The Morgan fingerprint density at radius 2 is 1.91 bits per heavy atom. The summed E-state index contributed by atoms with van der Waals surface area (Å²) < 4.78 is 6.25. The molecule has 0 spiro atoms. The molecule has 0 bridgehead atoms. The number of hydrogen-bond donors (Lipinski definition) is 0. The summed E-state index contributed by atoms with van der Waals surface area (Å²) in [5.74, 6) is 1.21. The van der Waals surface area contributed by atoms with Crippen molar-refractivity contribution in [1.29, 1.82) is 0 Å². The summed E-state index contributed by atoms with van der Waals surface area (Å²) in [7, 11) is 2.07. The highest BCUT2D eigenvalue weighted by atomic mass is 79.9. The highest BCUT2D eigenvalue weighted by molar-refractivity contribution is 9.10. The van der Waals surface area contributed by atoms with Gasteiger partial charge in [-0.1, -0.05) is 21.1 Å². The molecule has 1 aromatic heterocycles. The average Bonchev–Trinajstić information content (AvgIpc) is 3.03. The largest absolute Gasteiger partial charge is 0.340 e. The first-order chi connectivity index (χ1) is 11.1. The highest BCUT2D eigenvalue weighted by Gasteiger charge is 2.19. The van der Waals surface area contributed by atoms with Crippen molar-refractivity contribution in [3.05, 3.63) is 34.6 Å². The second-order valence-electron chi connectivity index (χ2n) is 5.70. The molecular formula is C16H19BrN4O2. The predicted octanol–water partition coefficient (Wildman–Crippen LogP) is 2.21. The molecule has 122 valence electrons. The number of carbonyl (C=O) groups excluding carboxylic acids is 1. The fourth-order valence-corrected chi connectivity index (χ4v) is 2.76. The zero-order chi connectivity index (χ0) is 16.2. The topological polar surface area (TPSA) is 62.5 Å². The zero-order valence-corrected chi connectivity index (χ0v) is 14.6. The molecule has 2 aromatic rings. The van der Waals surface area contributed by atoms with Gasteiger partial charge in [-0.05, 0) is 31.3 Å². The molecule has 3 rings (SSSR count). The van der Waals surface area contributed by atoms with E-state index in [0.717, 1.165) is 36.2 Å². The molecule has 0 aliphatic carbocycles. The Morgan fingerprint density at radius 1 is 1.22 bits per heavy atom. The number of piperazine rings is 1. The van der Waals surface area contributed by atoms with Crippen molar-refractivity contribution >= 4 is 21.8 Å². The van der Waals surface area contributed by atoms with E-state index in [1.807, 2.05) is 29.2 Å². The molecule has 1 saturated heterocycles. The van der Waals surface area contributed by atoms with Crippen LogP contribution in [-0.4, -0.2) is 59.1 Å². The Bertz CT molecular complexity index is 663. The number of halogens is 1. The summed E-state index contributed by atoms with van der Waals surface area (Å²) in [6.45, 7) is 3.45. The number of carbonyl (C=O) groups is 1. The Morgan fingerprint density at radius 3 is 2.61 bits per heavy atom. The maximum atomic E-state index is 12.2. The number of amides is 1.